The van der Waals surface area contributed by atoms with Crippen LogP contribution in [0, 0.1) is 0 Å². The van der Waals surface area contributed by atoms with Gasteiger partial charge in [-0.25, -0.2) is 0 Å². The Balaban J connectivity index is 2.67. The Bertz CT molecular complexity index is 632. The summed E-state index contributed by atoms with van der Waals surface area (Å²) >= 11 is 10.1. The zero-order valence-corrected chi connectivity index (χ0v) is 12.6. The van der Waals surface area contributed by atoms with E-state index in [4.69, 9.17) is 11.6 Å². The van der Waals surface area contributed by atoms with E-state index >= 15 is 0 Å². The summed E-state index contributed by atoms with van der Waals surface area (Å²) in [6.45, 7) is 4.01. The first kappa shape index (κ1) is 14.2. The molecule has 0 N–H and O–H groups in total. The topological polar surface area (TPSA) is 22.0 Å². The maximum absolute atomic E-state index is 12.4. The van der Waals surface area contributed by atoms with Gasteiger partial charge in [0.05, 0.1) is 5.69 Å². The van der Waals surface area contributed by atoms with Crippen LogP contribution >= 0.6 is 24.2 Å². The third-order valence-electron chi connectivity index (χ3n) is 3.02. The molecule has 0 unspecified atom stereocenters. The lowest BCUT2D eigenvalue weighted by Gasteiger charge is -2.17. The first-order valence-corrected chi connectivity index (χ1v) is 7.17. The van der Waals surface area contributed by atoms with Crippen LogP contribution in [0.15, 0.2) is 41.2 Å². The molecular formula is C15H16ClNOS. The maximum Gasteiger partial charge on any atom is 0.255 e. The van der Waals surface area contributed by atoms with Crippen LogP contribution in [-0.4, -0.2) is 4.57 Å². The van der Waals surface area contributed by atoms with Gasteiger partial charge in [-0.05, 0) is 37.6 Å². The van der Waals surface area contributed by atoms with Crippen LogP contribution in [-0.2, 0) is 5.75 Å². The van der Waals surface area contributed by atoms with E-state index in [1.165, 1.54) is 0 Å². The minimum Gasteiger partial charge on any atom is -0.306 e. The number of halogens is 1. The molecule has 2 rings (SSSR count). The molecule has 0 saturated carbocycles. The van der Waals surface area contributed by atoms with Gasteiger partial charge in [-0.15, -0.1) is 0 Å². The van der Waals surface area contributed by atoms with Crippen molar-refractivity contribution in [2.75, 3.05) is 0 Å². The lowest BCUT2D eigenvalue weighted by Crippen LogP contribution is -2.26. The van der Waals surface area contributed by atoms with Crippen molar-refractivity contribution < 1.29 is 0 Å². The largest absolute Gasteiger partial charge is 0.306 e. The zero-order valence-electron chi connectivity index (χ0n) is 10.9. The number of hydrogen-bond donors (Lipinski definition) is 1. The highest BCUT2D eigenvalue weighted by Gasteiger charge is 2.12. The molecule has 0 bridgehead atoms. The molecule has 2 nitrogen and oxygen atoms in total. The van der Waals surface area contributed by atoms with Crippen molar-refractivity contribution in [2.45, 2.75) is 25.6 Å². The average molecular weight is 294 g/mol. The van der Waals surface area contributed by atoms with Crippen molar-refractivity contribution in [3.05, 3.63) is 57.3 Å². The van der Waals surface area contributed by atoms with Crippen molar-refractivity contribution in [1.82, 2.24) is 4.57 Å². The molecule has 100 valence electrons. The number of rotatable bonds is 3. The summed E-state index contributed by atoms with van der Waals surface area (Å²) in [4.78, 5) is 12.4. The highest BCUT2D eigenvalue weighted by molar-refractivity contribution is 7.79. The maximum atomic E-state index is 12.4. The molecule has 0 aliphatic heterocycles. The standard InChI is InChI=1S/C15H16ClNOS/c1-10(2)17-14(8-5-12(9-19)15(17)18)11-3-6-13(16)7-4-11/h3-8,10,19H,9H2,1-2H3. The van der Waals surface area contributed by atoms with Crippen molar-refractivity contribution in [3.8, 4) is 11.3 Å². The summed E-state index contributed by atoms with van der Waals surface area (Å²) in [5, 5.41) is 0.689. The quantitative estimate of drug-likeness (QED) is 0.843. The Labute approximate surface area is 123 Å². The second kappa shape index (κ2) is 5.85. The monoisotopic (exact) mass is 293 g/mol. The van der Waals surface area contributed by atoms with Crippen LogP contribution in [0.2, 0.25) is 5.02 Å². The molecule has 0 spiro atoms. The number of thiol groups is 1. The SMILES string of the molecule is CC(C)n1c(-c2ccc(Cl)cc2)ccc(CS)c1=O. The molecule has 1 aromatic heterocycles. The fraction of sp³-hybridized carbons (Fsp3) is 0.267. The molecule has 0 saturated heterocycles. The van der Waals surface area contributed by atoms with E-state index in [1.54, 1.807) is 4.57 Å². The van der Waals surface area contributed by atoms with E-state index in [0.29, 0.717) is 10.8 Å². The lowest BCUT2D eigenvalue weighted by molar-refractivity contribution is 0.582. The highest BCUT2D eigenvalue weighted by Crippen LogP contribution is 2.23. The van der Waals surface area contributed by atoms with Gasteiger partial charge < -0.3 is 4.57 Å². The van der Waals surface area contributed by atoms with E-state index < -0.39 is 0 Å². The van der Waals surface area contributed by atoms with Crippen molar-refractivity contribution in [2.24, 2.45) is 0 Å². The Morgan fingerprint density at radius 2 is 1.79 bits per heavy atom. The van der Waals surface area contributed by atoms with Crippen LogP contribution in [0.5, 0.6) is 0 Å². The number of nitrogens with zero attached hydrogens (tertiary/aromatic N) is 1. The molecule has 1 aromatic carbocycles. The van der Waals surface area contributed by atoms with E-state index in [2.05, 4.69) is 12.6 Å². The molecule has 0 aliphatic rings. The van der Waals surface area contributed by atoms with Crippen LogP contribution in [0.3, 0.4) is 0 Å². The van der Waals surface area contributed by atoms with Crippen molar-refractivity contribution in [3.63, 3.8) is 0 Å². The Morgan fingerprint density at radius 1 is 1.16 bits per heavy atom. The van der Waals surface area contributed by atoms with Gasteiger partial charge in [-0.3, -0.25) is 4.79 Å². The number of aromatic nitrogens is 1. The molecule has 4 heteroatoms. The van der Waals surface area contributed by atoms with Gasteiger partial charge in [0, 0.05) is 22.4 Å². The molecular weight excluding hydrogens is 278 g/mol. The first-order chi connectivity index (χ1) is 9.04. The van der Waals surface area contributed by atoms with Crippen molar-refractivity contribution >= 4 is 24.2 Å². The van der Waals surface area contributed by atoms with E-state index in [0.717, 1.165) is 16.8 Å². The van der Waals surface area contributed by atoms with Gasteiger partial charge >= 0.3 is 0 Å². The molecule has 0 amide bonds. The average Bonchev–Trinajstić information content (AvgIpc) is 2.38. The molecule has 19 heavy (non-hydrogen) atoms. The lowest BCUT2D eigenvalue weighted by atomic mass is 10.1. The molecule has 2 aromatic rings. The Morgan fingerprint density at radius 3 is 2.32 bits per heavy atom. The summed E-state index contributed by atoms with van der Waals surface area (Å²) in [5.41, 5.74) is 2.63. The van der Waals surface area contributed by atoms with E-state index in [9.17, 15) is 4.79 Å². The van der Waals surface area contributed by atoms with Crippen molar-refractivity contribution in [1.29, 1.82) is 0 Å². The second-order valence-corrected chi connectivity index (χ2v) is 5.43. The normalized spacial score (nSPS) is 11.0. The van der Waals surface area contributed by atoms with Crippen LogP contribution < -0.4 is 5.56 Å². The fourth-order valence-electron chi connectivity index (χ4n) is 2.08. The molecule has 0 aliphatic carbocycles. The van der Waals surface area contributed by atoms with E-state index in [-0.39, 0.29) is 11.6 Å². The second-order valence-electron chi connectivity index (χ2n) is 4.68. The number of hydrogen-bond acceptors (Lipinski definition) is 2. The van der Waals surface area contributed by atoms with E-state index in [1.807, 2.05) is 50.2 Å². The number of pyridine rings is 1. The summed E-state index contributed by atoms with van der Waals surface area (Å²) in [7, 11) is 0. The first-order valence-electron chi connectivity index (χ1n) is 6.16. The molecule has 0 atom stereocenters. The van der Waals surface area contributed by atoms with Gasteiger partial charge in [0.2, 0.25) is 0 Å². The predicted octanol–water partition coefficient (Wildman–Crippen LogP) is 4.18. The van der Waals surface area contributed by atoms with Gasteiger partial charge in [-0.2, -0.15) is 12.6 Å². The van der Waals surface area contributed by atoms with Crippen LogP contribution in [0.1, 0.15) is 25.5 Å². The molecule has 0 radical (unpaired) electrons. The van der Waals surface area contributed by atoms with Gasteiger partial charge in [0.15, 0.2) is 0 Å². The predicted molar refractivity (Wildman–Crippen MR) is 84.2 cm³/mol. The summed E-state index contributed by atoms with van der Waals surface area (Å²) < 4.78 is 1.80. The van der Waals surface area contributed by atoms with Crippen LogP contribution in [0.25, 0.3) is 11.3 Å². The third-order valence-corrected chi connectivity index (χ3v) is 3.61. The van der Waals surface area contributed by atoms with Gasteiger partial charge in [-0.1, -0.05) is 29.8 Å². The smallest absolute Gasteiger partial charge is 0.255 e. The highest BCUT2D eigenvalue weighted by atomic mass is 35.5. The van der Waals surface area contributed by atoms with Gasteiger partial charge in [0.25, 0.3) is 5.56 Å². The van der Waals surface area contributed by atoms with Crippen LogP contribution in [0.4, 0.5) is 0 Å². The zero-order chi connectivity index (χ0) is 14.0. The Kier molecular flexibility index (Phi) is 4.38. The summed E-state index contributed by atoms with van der Waals surface area (Å²) in [6, 6.07) is 11.4. The number of benzene rings is 1. The minimum atomic E-state index is 0.0254. The minimum absolute atomic E-state index is 0.0254. The third kappa shape index (κ3) is 2.88. The Hall–Kier alpha value is -1.19. The summed E-state index contributed by atoms with van der Waals surface area (Å²) in [5.74, 6) is 0.451. The fourth-order valence-corrected chi connectivity index (χ4v) is 2.45. The van der Waals surface area contributed by atoms with Gasteiger partial charge in [0.1, 0.15) is 0 Å². The molecule has 1 heterocycles. The molecule has 0 fully saturated rings. The summed E-state index contributed by atoms with van der Waals surface area (Å²) in [6.07, 6.45) is 0.